The van der Waals surface area contributed by atoms with E-state index in [1.54, 1.807) is 38.2 Å². The van der Waals surface area contributed by atoms with Crippen molar-refractivity contribution < 1.29 is 18.7 Å². The Labute approximate surface area is 216 Å². The van der Waals surface area contributed by atoms with E-state index in [4.69, 9.17) is 32.4 Å². The van der Waals surface area contributed by atoms with Gasteiger partial charge in [-0.05, 0) is 55.9 Å². The first-order valence-corrected chi connectivity index (χ1v) is 12.2. The van der Waals surface area contributed by atoms with Gasteiger partial charge in [0.2, 0.25) is 5.88 Å². The average Bonchev–Trinajstić information content (AvgIpc) is 3.26. The molecular weight excluding hydrogens is 509 g/mol. The Morgan fingerprint density at radius 1 is 1.23 bits per heavy atom. The number of ether oxygens (including phenoxy) is 1. The standard InChI is InChI=1S/C25H21Cl2N3O4S/c1-4-33-24(32)20-21(27)18(34-22(20)28-17-7-5-6-15(26)12-17)13-19-23(31)30(3)25(35-19)29-16-10-8-14(2)9-11-16/h5-13,28H,4H2,1-3H3/b19-13-,29-25?. The fraction of sp³-hybridized carbons (Fsp3) is 0.160. The van der Waals surface area contributed by atoms with E-state index >= 15 is 0 Å². The predicted molar refractivity (Wildman–Crippen MR) is 141 cm³/mol. The Kier molecular flexibility index (Phi) is 7.54. The molecule has 2 aromatic carbocycles. The Morgan fingerprint density at radius 3 is 2.66 bits per heavy atom. The fourth-order valence-corrected chi connectivity index (χ4v) is 4.60. The van der Waals surface area contributed by atoms with Crippen LogP contribution in [0.5, 0.6) is 0 Å². The van der Waals surface area contributed by atoms with Crippen molar-refractivity contribution in [1.82, 2.24) is 4.90 Å². The van der Waals surface area contributed by atoms with Gasteiger partial charge in [-0.1, -0.05) is 47.0 Å². The van der Waals surface area contributed by atoms with Crippen LogP contribution >= 0.6 is 35.0 Å². The molecule has 0 bridgehead atoms. The zero-order valence-electron chi connectivity index (χ0n) is 19.1. The molecule has 0 saturated carbocycles. The molecule has 1 amide bonds. The molecule has 1 saturated heterocycles. The molecule has 1 aliphatic heterocycles. The monoisotopic (exact) mass is 529 g/mol. The van der Waals surface area contributed by atoms with Crippen molar-refractivity contribution >= 4 is 75.3 Å². The van der Waals surface area contributed by atoms with Gasteiger partial charge in [-0.15, -0.1) is 0 Å². The van der Waals surface area contributed by atoms with Gasteiger partial charge in [0, 0.05) is 23.8 Å². The van der Waals surface area contributed by atoms with Gasteiger partial charge in [-0.25, -0.2) is 9.79 Å². The molecule has 10 heteroatoms. The first kappa shape index (κ1) is 24.9. The number of hydrogen-bond donors (Lipinski definition) is 1. The molecular formula is C25H21Cl2N3O4S. The van der Waals surface area contributed by atoms with Crippen molar-refractivity contribution in [3.63, 3.8) is 0 Å². The summed E-state index contributed by atoms with van der Waals surface area (Å²) in [6, 6.07) is 14.6. The minimum Gasteiger partial charge on any atom is -0.462 e. The third kappa shape index (κ3) is 5.56. The highest BCUT2D eigenvalue weighted by molar-refractivity contribution is 8.18. The highest BCUT2D eigenvalue weighted by Crippen LogP contribution is 2.39. The number of thioether (sulfide) groups is 1. The van der Waals surface area contributed by atoms with Crippen molar-refractivity contribution in [1.29, 1.82) is 0 Å². The molecule has 35 heavy (non-hydrogen) atoms. The lowest BCUT2D eigenvalue weighted by molar-refractivity contribution is -0.121. The Balaban J connectivity index is 1.69. The maximum absolute atomic E-state index is 12.9. The van der Waals surface area contributed by atoms with E-state index in [1.807, 2.05) is 31.2 Å². The molecule has 0 aliphatic carbocycles. The van der Waals surface area contributed by atoms with Crippen LogP contribution in [0.1, 0.15) is 28.6 Å². The van der Waals surface area contributed by atoms with Crippen LogP contribution in [0.25, 0.3) is 6.08 Å². The van der Waals surface area contributed by atoms with Crippen LogP contribution in [0.15, 0.2) is 62.8 Å². The molecule has 0 radical (unpaired) electrons. The summed E-state index contributed by atoms with van der Waals surface area (Å²) in [5, 5.41) is 4.06. The number of esters is 1. The van der Waals surface area contributed by atoms with Gasteiger partial charge in [0.05, 0.1) is 17.2 Å². The molecule has 1 fully saturated rings. The van der Waals surface area contributed by atoms with Crippen LogP contribution in [0, 0.1) is 6.92 Å². The van der Waals surface area contributed by atoms with Crippen molar-refractivity contribution in [3.8, 4) is 0 Å². The lowest BCUT2D eigenvalue weighted by Crippen LogP contribution is -2.23. The molecule has 4 rings (SSSR count). The van der Waals surface area contributed by atoms with Crippen LogP contribution in [0.3, 0.4) is 0 Å². The maximum Gasteiger partial charge on any atom is 0.345 e. The number of aryl methyl sites for hydroxylation is 1. The fourth-order valence-electron chi connectivity index (χ4n) is 3.19. The number of halogens is 2. The molecule has 1 aliphatic rings. The van der Waals surface area contributed by atoms with Crippen molar-refractivity contribution in [2.45, 2.75) is 13.8 Å². The average molecular weight is 530 g/mol. The van der Waals surface area contributed by atoms with Crippen LogP contribution < -0.4 is 5.32 Å². The molecule has 0 unspecified atom stereocenters. The first-order valence-electron chi connectivity index (χ1n) is 10.6. The minimum atomic E-state index is -0.653. The van der Waals surface area contributed by atoms with Gasteiger partial charge >= 0.3 is 5.97 Å². The van der Waals surface area contributed by atoms with E-state index in [1.165, 1.54) is 22.7 Å². The second-order valence-electron chi connectivity index (χ2n) is 7.54. The summed E-state index contributed by atoms with van der Waals surface area (Å²) in [5.41, 5.74) is 2.46. The number of hydrogen-bond acceptors (Lipinski definition) is 7. The number of rotatable bonds is 6. The molecule has 180 valence electrons. The quantitative estimate of drug-likeness (QED) is 0.272. The van der Waals surface area contributed by atoms with Gasteiger partial charge in [-0.3, -0.25) is 9.69 Å². The number of carbonyl (C=O) groups excluding carboxylic acids is 2. The maximum atomic E-state index is 12.9. The number of likely N-dealkylation sites (N-methyl/N-ethyl adjacent to an activating group) is 1. The number of nitrogens with zero attached hydrogens (tertiary/aromatic N) is 2. The Bertz CT molecular complexity index is 1350. The summed E-state index contributed by atoms with van der Waals surface area (Å²) >= 11 is 13.8. The second kappa shape index (κ2) is 10.6. The number of benzene rings is 2. The zero-order valence-corrected chi connectivity index (χ0v) is 21.4. The summed E-state index contributed by atoms with van der Waals surface area (Å²) in [5.74, 6) is -0.699. The topological polar surface area (TPSA) is 84.1 Å². The van der Waals surface area contributed by atoms with Crippen molar-refractivity contribution in [3.05, 3.63) is 80.4 Å². The summed E-state index contributed by atoms with van der Waals surface area (Å²) in [7, 11) is 1.64. The third-order valence-corrected chi connectivity index (χ3v) is 6.63. The summed E-state index contributed by atoms with van der Waals surface area (Å²) in [4.78, 5) is 31.9. The first-order chi connectivity index (χ1) is 16.8. The van der Waals surface area contributed by atoms with Gasteiger partial charge in [0.1, 0.15) is 16.3 Å². The van der Waals surface area contributed by atoms with E-state index in [0.29, 0.717) is 20.8 Å². The van der Waals surface area contributed by atoms with Crippen LogP contribution in [-0.4, -0.2) is 35.6 Å². The van der Waals surface area contributed by atoms with Gasteiger partial charge in [0.25, 0.3) is 5.91 Å². The molecule has 0 atom stereocenters. The predicted octanol–water partition coefficient (Wildman–Crippen LogP) is 7.05. The van der Waals surface area contributed by atoms with E-state index < -0.39 is 5.97 Å². The molecule has 2 heterocycles. The van der Waals surface area contributed by atoms with Crippen LogP contribution in [0.2, 0.25) is 10.0 Å². The number of furan rings is 1. The molecule has 0 spiro atoms. The van der Waals surface area contributed by atoms with Crippen molar-refractivity contribution in [2.75, 3.05) is 19.0 Å². The van der Waals surface area contributed by atoms with E-state index in [2.05, 4.69) is 10.3 Å². The van der Waals surface area contributed by atoms with E-state index in [-0.39, 0.29) is 34.7 Å². The summed E-state index contributed by atoms with van der Waals surface area (Å²) in [6.45, 7) is 3.84. The smallest absolute Gasteiger partial charge is 0.345 e. The van der Waals surface area contributed by atoms with Gasteiger partial charge in [0.15, 0.2) is 5.17 Å². The normalized spacial score (nSPS) is 15.8. The number of amidine groups is 1. The Morgan fingerprint density at radius 2 is 1.97 bits per heavy atom. The molecule has 7 nitrogen and oxygen atoms in total. The zero-order chi connectivity index (χ0) is 25.1. The SMILES string of the molecule is CCOC(=O)c1c(Nc2cccc(Cl)c2)oc(/C=C2\SC(=Nc3ccc(C)cc3)N(C)C2=O)c1Cl. The van der Waals surface area contributed by atoms with Crippen LogP contribution in [0.4, 0.5) is 17.3 Å². The Hall–Kier alpha value is -3.20. The molecule has 1 N–H and O–H groups in total. The van der Waals surface area contributed by atoms with Gasteiger partial charge < -0.3 is 14.5 Å². The largest absolute Gasteiger partial charge is 0.462 e. The second-order valence-corrected chi connectivity index (χ2v) is 9.37. The van der Waals surface area contributed by atoms with Crippen LogP contribution in [-0.2, 0) is 9.53 Å². The third-order valence-electron chi connectivity index (χ3n) is 4.96. The van der Waals surface area contributed by atoms with Crippen molar-refractivity contribution in [2.24, 2.45) is 4.99 Å². The summed E-state index contributed by atoms with van der Waals surface area (Å²) < 4.78 is 11.0. The number of carbonyl (C=O) groups is 2. The summed E-state index contributed by atoms with van der Waals surface area (Å²) in [6.07, 6.45) is 1.50. The van der Waals surface area contributed by atoms with E-state index in [0.717, 1.165) is 11.3 Å². The number of anilines is 2. The highest BCUT2D eigenvalue weighted by atomic mass is 35.5. The minimum absolute atomic E-state index is 0.0256. The lowest BCUT2D eigenvalue weighted by atomic mass is 10.2. The van der Waals surface area contributed by atoms with E-state index in [9.17, 15) is 9.59 Å². The highest BCUT2D eigenvalue weighted by Gasteiger charge is 2.32. The number of amides is 1. The van der Waals surface area contributed by atoms with Gasteiger partial charge in [-0.2, -0.15) is 0 Å². The lowest BCUT2D eigenvalue weighted by Gasteiger charge is -2.07. The number of aliphatic imine (C=N–C) groups is 1. The molecule has 3 aromatic rings. The number of nitrogens with one attached hydrogen (secondary N) is 1. The molecule has 1 aromatic heterocycles.